The van der Waals surface area contributed by atoms with Crippen LogP contribution in [0.5, 0.6) is 17.2 Å². The SMILES string of the molecule is Cc1cccc(COc2ccc(Nc3ncnc4cc5c(cc34)OCCOCCO5)cc2C#N)c1. The number of nitrogens with one attached hydrogen (secondary N) is 1. The molecule has 1 N–H and O–H groups in total. The number of rotatable bonds is 5. The first-order chi connectivity index (χ1) is 17.2. The van der Waals surface area contributed by atoms with Crippen LogP contribution in [0.15, 0.2) is 60.9 Å². The second-order valence-corrected chi connectivity index (χ2v) is 8.07. The summed E-state index contributed by atoms with van der Waals surface area (Å²) in [4.78, 5) is 8.80. The molecule has 35 heavy (non-hydrogen) atoms. The van der Waals surface area contributed by atoms with Crippen LogP contribution in [-0.2, 0) is 11.3 Å². The lowest BCUT2D eigenvalue weighted by atomic mass is 10.1. The molecule has 0 unspecified atom stereocenters. The highest BCUT2D eigenvalue weighted by atomic mass is 16.6. The van der Waals surface area contributed by atoms with E-state index in [9.17, 15) is 5.26 Å². The van der Waals surface area contributed by atoms with E-state index in [0.717, 1.165) is 16.5 Å². The smallest absolute Gasteiger partial charge is 0.163 e. The third-order valence-corrected chi connectivity index (χ3v) is 5.51. The first-order valence-electron chi connectivity index (χ1n) is 11.3. The zero-order valence-corrected chi connectivity index (χ0v) is 19.3. The van der Waals surface area contributed by atoms with E-state index in [-0.39, 0.29) is 0 Å². The molecule has 3 aromatic carbocycles. The fourth-order valence-electron chi connectivity index (χ4n) is 3.83. The molecule has 1 aliphatic heterocycles. The van der Waals surface area contributed by atoms with E-state index in [4.69, 9.17) is 18.9 Å². The summed E-state index contributed by atoms with van der Waals surface area (Å²) in [5, 5.41) is 13.8. The van der Waals surface area contributed by atoms with Crippen LogP contribution in [0.1, 0.15) is 16.7 Å². The maximum absolute atomic E-state index is 9.70. The van der Waals surface area contributed by atoms with Gasteiger partial charge in [-0.2, -0.15) is 5.26 Å². The summed E-state index contributed by atoms with van der Waals surface area (Å²) < 4.78 is 23.0. The molecular weight excluding hydrogens is 444 g/mol. The Morgan fingerprint density at radius 3 is 2.60 bits per heavy atom. The zero-order chi connectivity index (χ0) is 24.0. The summed E-state index contributed by atoms with van der Waals surface area (Å²) in [6.45, 7) is 4.28. The maximum Gasteiger partial charge on any atom is 0.163 e. The highest BCUT2D eigenvalue weighted by Gasteiger charge is 2.14. The molecule has 1 aliphatic rings. The molecule has 2 heterocycles. The van der Waals surface area contributed by atoms with Crippen molar-refractivity contribution in [1.82, 2.24) is 9.97 Å². The highest BCUT2D eigenvalue weighted by molar-refractivity contribution is 5.93. The Kier molecular flexibility index (Phi) is 6.59. The van der Waals surface area contributed by atoms with Crippen LogP contribution in [0.3, 0.4) is 0 Å². The molecule has 4 aromatic rings. The Morgan fingerprint density at radius 2 is 1.80 bits per heavy atom. The minimum atomic E-state index is 0.387. The summed E-state index contributed by atoms with van der Waals surface area (Å²) in [5.41, 5.74) is 4.06. The third kappa shape index (κ3) is 5.26. The van der Waals surface area contributed by atoms with Gasteiger partial charge >= 0.3 is 0 Å². The van der Waals surface area contributed by atoms with Gasteiger partial charge in [-0.15, -0.1) is 0 Å². The average molecular weight is 469 g/mol. The Morgan fingerprint density at radius 1 is 0.971 bits per heavy atom. The van der Waals surface area contributed by atoms with Gasteiger partial charge in [-0.05, 0) is 36.8 Å². The largest absolute Gasteiger partial charge is 0.488 e. The lowest BCUT2D eigenvalue weighted by Gasteiger charge is -2.14. The van der Waals surface area contributed by atoms with Gasteiger partial charge in [0.2, 0.25) is 0 Å². The molecule has 0 fully saturated rings. The van der Waals surface area contributed by atoms with Crippen molar-refractivity contribution in [1.29, 1.82) is 5.26 Å². The van der Waals surface area contributed by atoms with E-state index >= 15 is 0 Å². The number of benzene rings is 3. The van der Waals surface area contributed by atoms with E-state index in [0.29, 0.717) is 72.9 Å². The quantitative estimate of drug-likeness (QED) is 0.441. The Labute approximate surface area is 203 Å². The number of hydrogen-bond donors (Lipinski definition) is 1. The van der Waals surface area contributed by atoms with Crippen molar-refractivity contribution in [2.24, 2.45) is 0 Å². The number of nitriles is 1. The Hall–Kier alpha value is -4.35. The predicted octanol–water partition coefficient (Wildman–Crippen LogP) is 4.92. The van der Waals surface area contributed by atoms with Gasteiger partial charge in [0.15, 0.2) is 11.5 Å². The number of aryl methyl sites for hydroxylation is 1. The van der Waals surface area contributed by atoms with Crippen LogP contribution in [-0.4, -0.2) is 36.4 Å². The summed E-state index contributed by atoms with van der Waals surface area (Å²) >= 11 is 0. The van der Waals surface area contributed by atoms with Crippen LogP contribution in [0, 0.1) is 18.3 Å². The van der Waals surface area contributed by atoms with Gasteiger partial charge in [0.25, 0.3) is 0 Å². The minimum absolute atomic E-state index is 0.387. The van der Waals surface area contributed by atoms with E-state index in [1.165, 1.54) is 6.33 Å². The van der Waals surface area contributed by atoms with Crippen LogP contribution in [0.25, 0.3) is 10.9 Å². The molecule has 0 atom stereocenters. The Bertz CT molecular complexity index is 1400. The van der Waals surface area contributed by atoms with Gasteiger partial charge in [-0.1, -0.05) is 29.8 Å². The van der Waals surface area contributed by atoms with Crippen molar-refractivity contribution in [2.45, 2.75) is 13.5 Å². The summed E-state index contributed by atoms with van der Waals surface area (Å²) in [7, 11) is 0. The number of ether oxygens (including phenoxy) is 4. The number of nitrogens with zero attached hydrogens (tertiary/aromatic N) is 3. The van der Waals surface area contributed by atoms with Gasteiger partial charge in [0.1, 0.15) is 43.8 Å². The van der Waals surface area contributed by atoms with Crippen molar-refractivity contribution >= 4 is 22.4 Å². The van der Waals surface area contributed by atoms with Crippen molar-refractivity contribution in [3.05, 3.63) is 77.6 Å². The molecule has 1 aromatic heterocycles. The van der Waals surface area contributed by atoms with E-state index in [1.807, 2.05) is 43.3 Å². The second kappa shape index (κ2) is 10.3. The van der Waals surface area contributed by atoms with Gasteiger partial charge in [0, 0.05) is 17.1 Å². The summed E-state index contributed by atoms with van der Waals surface area (Å²) in [6, 6.07) is 19.4. The van der Waals surface area contributed by atoms with Crippen molar-refractivity contribution in [3.8, 4) is 23.3 Å². The standard InChI is InChI=1S/C27H24N4O4/c1-18-3-2-4-19(11-18)16-35-24-6-5-21(12-20(24)15-28)31-27-22-13-25-26(14-23(22)29-17-30-27)34-10-8-32-7-9-33-25/h2-6,11-14,17H,7-10,16H2,1H3,(H,29,30,31). The molecule has 8 nitrogen and oxygen atoms in total. The van der Waals surface area contributed by atoms with Crippen molar-refractivity contribution < 1.29 is 18.9 Å². The molecule has 0 spiro atoms. The lowest BCUT2D eigenvalue weighted by molar-refractivity contribution is 0.0877. The molecular formula is C27H24N4O4. The number of hydrogen-bond acceptors (Lipinski definition) is 8. The van der Waals surface area contributed by atoms with E-state index in [1.54, 1.807) is 12.1 Å². The molecule has 0 aliphatic carbocycles. The van der Waals surface area contributed by atoms with E-state index < -0.39 is 0 Å². The highest BCUT2D eigenvalue weighted by Crippen LogP contribution is 2.35. The molecule has 8 heteroatoms. The predicted molar refractivity (Wildman–Crippen MR) is 131 cm³/mol. The van der Waals surface area contributed by atoms with Gasteiger partial charge < -0.3 is 24.3 Å². The molecule has 0 radical (unpaired) electrons. The fourth-order valence-corrected chi connectivity index (χ4v) is 3.83. The lowest BCUT2D eigenvalue weighted by Crippen LogP contribution is -2.08. The number of anilines is 2. The fraction of sp³-hybridized carbons (Fsp3) is 0.222. The van der Waals surface area contributed by atoms with Gasteiger partial charge in [-0.3, -0.25) is 0 Å². The van der Waals surface area contributed by atoms with Crippen LogP contribution in [0.2, 0.25) is 0 Å². The van der Waals surface area contributed by atoms with E-state index in [2.05, 4.69) is 27.4 Å². The average Bonchev–Trinajstić information content (AvgIpc) is 2.99. The number of aromatic nitrogens is 2. The minimum Gasteiger partial charge on any atom is -0.488 e. The molecule has 0 bridgehead atoms. The Balaban J connectivity index is 1.39. The first kappa shape index (κ1) is 22.4. The van der Waals surface area contributed by atoms with Crippen LogP contribution >= 0.6 is 0 Å². The summed E-state index contributed by atoms with van der Waals surface area (Å²) in [6.07, 6.45) is 1.49. The second-order valence-electron chi connectivity index (χ2n) is 8.07. The normalized spacial score (nSPS) is 13.3. The first-order valence-corrected chi connectivity index (χ1v) is 11.3. The molecule has 0 saturated heterocycles. The molecule has 0 saturated carbocycles. The van der Waals surface area contributed by atoms with Crippen LogP contribution in [0.4, 0.5) is 11.5 Å². The molecule has 0 amide bonds. The van der Waals surface area contributed by atoms with Crippen molar-refractivity contribution in [2.75, 3.05) is 31.7 Å². The third-order valence-electron chi connectivity index (χ3n) is 5.51. The topological polar surface area (TPSA) is 98.5 Å². The molecule has 176 valence electrons. The monoisotopic (exact) mass is 468 g/mol. The molecule has 5 rings (SSSR count). The van der Waals surface area contributed by atoms with Gasteiger partial charge in [0.05, 0.1) is 24.3 Å². The van der Waals surface area contributed by atoms with Crippen LogP contribution < -0.4 is 19.5 Å². The summed E-state index contributed by atoms with van der Waals surface area (Å²) in [5.74, 6) is 2.35. The number of fused-ring (bicyclic) bond motifs is 2. The van der Waals surface area contributed by atoms with Gasteiger partial charge in [-0.25, -0.2) is 9.97 Å². The maximum atomic E-state index is 9.70. The zero-order valence-electron chi connectivity index (χ0n) is 19.3. The van der Waals surface area contributed by atoms with Crippen molar-refractivity contribution in [3.63, 3.8) is 0 Å².